The van der Waals surface area contributed by atoms with Gasteiger partial charge in [-0.15, -0.1) is 10.2 Å². The molecule has 5 nitrogen and oxygen atoms in total. The Balaban J connectivity index is 1.79. The lowest BCUT2D eigenvalue weighted by atomic mass is 10.1. The second-order valence-corrected chi connectivity index (χ2v) is 5.06. The van der Waals surface area contributed by atoms with Gasteiger partial charge < -0.3 is 10.6 Å². The summed E-state index contributed by atoms with van der Waals surface area (Å²) in [6, 6.07) is 10.5. The molecule has 2 heterocycles. The zero-order valence-electron chi connectivity index (χ0n) is 11.3. The fourth-order valence-electron chi connectivity index (χ4n) is 2.69. The molecule has 1 aliphatic heterocycles. The zero-order valence-corrected chi connectivity index (χ0v) is 11.3. The van der Waals surface area contributed by atoms with Crippen LogP contribution in [-0.4, -0.2) is 29.3 Å². The van der Waals surface area contributed by atoms with Gasteiger partial charge in [0.15, 0.2) is 5.69 Å². The first-order valence-corrected chi connectivity index (χ1v) is 7.01. The number of hydrogen-bond donors (Lipinski definition) is 2. The predicted molar refractivity (Wildman–Crippen MR) is 78.4 cm³/mol. The van der Waals surface area contributed by atoms with Crippen LogP contribution in [0.3, 0.4) is 0 Å². The molecule has 1 aromatic heterocycles. The van der Waals surface area contributed by atoms with Crippen LogP contribution in [0.15, 0.2) is 24.3 Å². The number of rotatable bonds is 4. The molecule has 1 atom stereocenters. The number of aromatic nitrogens is 2. The van der Waals surface area contributed by atoms with Crippen LogP contribution in [0, 0.1) is 11.3 Å². The molecule has 3 rings (SSSR count). The van der Waals surface area contributed by atoms with Crippen LogP contribution in [0.2, 0.25) is 0 Å². The fraction of sp³-hybridized carbons (Fsp3) is 0.400. The third-order valence-corrected chi connectivity index (χ3v) is 3.73. The highest BCUT2D eigenvalue weighted by Gasteiger charge is 2.14. The smallest absolute Gasteiger partial charge is 0.186 e. The van der Waals surface area contributed by atoms with E-state index in [9.17, 15) is 5.26 Å². The third kappa shape index (κ3) is 2.56. The van der Waals surface area contributed by atoms with E-state index in [1.165, 1.54) is 12.8 Å². The second kappa shape index (κ2) is 5.85. The van der Waals surface area contributed by atoms with E-state index in [2.05, 4.69) is 26.9 Å². The molecule has 1 unspecified atom stereocenters. The van der Waals surface area contributed by atoms with Gasteiger partial charge in [-0.3, -0.25) is 0 Å². The lowest BCUT2D eigenvalue weighted by Gasteiger charge is -2.13. The number of benzene rings is 1. The maximum atomic E-state index is 9.18. The predicted octanol–water partition coefficient (Wildman–Crippen LogP) is 2.06. The van der Waals surface area contributed by atoms with E-state index in [0.717, 1.165) is 36.1 Å². The number of nitriles is 1. The number of nitrogens with zero attached hydrogens (tertiary/aromatic N) is 3. The van der Waals surface area contributed by atoms with Gasteiger partial charge >= 0.3 is 0 Å². The first kappa shape index (κ1) is 12.8. The first-order valence-electron chi connectivity index (χ1n) is 7.01. The van der Waals surface area contributed by atoms with Crippen molar-refractivity contribution in [3.8, 4) is 6.07 Å². The first-order chi connectivity index (χ1) is 9.88. The van der Waals surface area contributed by atoms with Crippen molar-refractivity contribution in [2.75, 3.05) is 18.4 Å². The molecule has 1 fully saturated rings. The highest BCUT2D eigenvalue weighted by molar-refractivity contribution is 5.92. The van der Waals surface area contributed by atoms with Crippen LogP contribution < -0.4 is 10.6 Å². The highest BCUT2D eigenvalue weighted by Crippen LogP contribution is 2.23. The largest absolute Gasteiger partial charge is 0.382 e. The van der Waals surface area contributed by atoms with E-state index in [0.29, 0.717) is 11.7 Å². The second-order valence-electron chi connectivity index (χ2n) is 5.06. The van der Waals surface area contributed by atoms with E-state index in [-0.39, 0.29) is 0 Å². The van der Waals surface area contributed by atoms with Crippen molar-refractivity contribution in [1.82, 2.24) is 15.5 Å². The summed E-state index contributed by atoms with van der Waals surface area (Å²) in [5.41, 5.74) is 1.98. The van der Waals surface area contributed by atoms with E-state index in [1.54, 1.807) is 0 Å². The van der Waals surface area contributed by atoms with E-state index < -0.39 is 0 Å². The van der Waals surface area contributed by atoms with Crippen LogP contribution in [0.1, 0.15) is 25.0 Å². The fourth-order valence-corrected chi connectivity index (χ4v) is 2.69. The summed E-state index contributed by atoms with van der Waals surface area (Å²) < 4.78 is 0. The summed E-state index contributed by atoms with van der Waals surface area (Å²) in [6.45, 7) is 1.95. The summed E-state index contributed by atoms with van der Waals surface area (Å²) >= 11 is 0. The lowest BCUT2D eigenvalue weighted by Crippen LogP contribution is -2.24. The summed E-state index contributed by atoms with van der Waals surface area (Å²) in [7, 11) is 0. The van der Waals surface area contributed by atoms with Gasteiger partial charge in [-0.05, 0) is 31.9 Å². The van der Waals surface area contributed by atoms with Crippen molar-refractivity contribution in [1.29, 1.82) is 5.26 Å². The Labute approximate surface area is 118 Å². The van der Waals surface area contributed by atoms with Crippen molar-refractivity contribution in [2.24, 2.45) is 0 Å². The molecule has 0 spiro atoms. The minimum absolute atomic E-state index is 0.364. The average Bonchev–Trinajstić information content (AvgIpc) is 3.00. The maximum Gasteiger partial charge on any atom is 0.186 e. The Morgan fingerprint density at radius 1 is 1.35 bits per heavy atom. The van der Waals surface area contributed by atoms with Gasteiger partial charge in [-0.1, -0.05) is 18.2 Å². The SMILES string of the molecule is N#Cc1nnc2ccccc2c1NCCC1CCCN1. The summed E-state index contributed by atoms with van der Waals surface area (Å²) in [5, 5.41) is 25.0. The van der Waals surface area contributed by atoms with Gasteiger partial charge in [0, 0.05) is 18.0 Å². The Kier molecular flexibility index (Phi) is 3.75. The number of anilines is 1. The van der Waals surface area contributed by atoms with Gasteiger partial charge in [0.2, 0.25) is 0 Å². The standard InChI is InChI=1S/C15H17N5/c16-10-14-15(18-9-7-11-4-3-8-17-11)12-5-1-2-6-13(12)19-20-14/h1-2,5-6,11,17H,3-4,7-9H2,(H,18,19). The molecule has 0 radical (unpaired) electrons. The molecule has 0 aliphatic carbocycles. The zero-order chi connectivity index (χ0) is 13.8. The molecular weight excluding hydrogens is 250 g/mol. The minimum Gasteiger partial charge on any atom is -0.382 e. The third-order valence-electron chi connectivity index (χ3n) is 3.73. The van der Waals surface area contributed by atoms with Crippen LogP contribution in [-0.2, 0) is 0 Å². The van der Waals surface area contributed by atoms with Gasteiger partial charge in [-0.25, -0.2) is 0 Å². The Hall–Kier alpha value is -2.19. The monoisotopic (exact) mass is 267 g/mol. The number of hydrogen-bond acceptors (Lipinski definition) is 5. The normalized spacial score (nSPS) is 18.1. The van der Waals surface area contributed by atoms with E-state index in [4.69, 9.17) is 0 Å². The van der Waals surface area contributed by atoms with Crippen molar-refractivity contribution >= 4 is 16.6 Å². The van der Waals surface area contributed by atoms with Crippen LogP contribution >= 0.6 is 0 Å². The molecule has 1 aliphatic rings. The van der Waals surface area contributed by atoms with Crippen molar-refractivity contribution in [3.05, 3.63) is 30.0 Å². The molecule has 2 N–H and O–H groups in total. The molecule has 2 aromatic rings. The van der Waals surface area contributed by atoms with Crippen molar-refractivity contribution in [2.45, 2.75) is 25.3 Å². The summed E-state index contributed by atoms with van der Waals surface area (Å²) in [5.74, 6) is 0. The molecule has 0 amide bonds. The Bertz CT molecular complexity index is 640. The number of fused-ring (bicyclic) bond motifs is 1. The van der Waals surface area contributed by atoms with Crippen LogP contribution in [0.4, 0.5) is 5.69 Å². The Morgan fingerprint density at radius 3 is 3.05 bits per heavy atom. The van der Waals surface area contributed by atoms with Gasteiger partial charge in [0.05, 0.1) is 11.2 Å². The average molecular weight is 267 g/mol. The van der Waals surface area contributed by atoms with Crippen LogP contribution in [0.5, 0.6) is 0 Å². The van der Waals surface area contributed by atoms with E-state index >= 15 is 0 Å². The molecule has 1 aromatic carbocycles. The molecule has 0 saturated carbocycles. The van der Waals surface area contributed by atoms with Crippen molar-refractivity contribution in [3.63, 3.8) is 0 Å². The highest BCUT2D eigenvalue weighted by atomic mass is 15.1. The van der Waals surface area contributed by atoms with Gasteiger partial charge in [-0.2, -0.15) is 5.26 Å². The Morgan fingerprint density at radius 2 is 2.25 bits per heavy atom. The maximum absolute atomic E-state index is 9.18. The molecule has 0 bridgehead atoms. The van der Waals surface area contributed by atoms with Crippen LogP contribution in [0.25, 0.3) is 10.9 Å². The number of nitrogens with one attached hydrogen (secondary N) is 2. The lowest BCUT2D eigenvalue weighted by molar-refractivity contribution is 0.574. The van der Waals surface area contributed by atoms with Gasteiger partial charge in [0.1, 0.15) is 6.07 Å². The summed E-state index contributed by atoms with van der Waals surface area (Å²) in [6.07, 6.45) is 3.55. The quantitative estimate of drug-likeness (QED) is 0.887. The molecule has 1 saturated heterocycles. The topological polar surface area (TPSA) is 73.6 Å². The minimum atomic E-state index is 0.364. The van der Waals surface area contributed by atoms with E-state index in [1.807, 2.05) is 24.3 Å². The van der Waals surface area contributed by atoms with Gasteiger partial charge in [0.25, 0.3) is 0 Å². The molecule has 5 heteroatoms. The molecule has 20 heavy (non-hydrogen) atoms. The summed E-state index contributed by atoms with van der Waals surface area (Å²) in [4.78, 5) is 0. The molecule has 102 valence electrons. The van der Waals surface area contributed by atoms with Crippen molar-refractivity contribution < 1.29 is 0 Å². The molecular formula is C15H17N5.